The zero-order chi connectivity index (χ0) is 51.6. The van der Waals surface area contributed by atoms with E-state index >= 15 is 0 Å². The third-order valence-electron chi connectivity index (χ3n) is 16.5. The second-order valence-corrected chi connectivity index (χ2v) is 23.0. The Morgan fingerprint density at radius 1 is 0.577 bits per heavy atom. The van der Waals surface area contributed by atoms with Crippen molar-refractivity contribution in [2.75, 3.05) is 5.32 Å². The van der Waals surface area contributed by atoms with Gasteiger partial charge in [0.1, 0.15) is 5.58 Å². The highest BCUT2D eigenvalue weighted by Gasteiger charge is 2.42. The van der Waals surface area contributed by atoms with E-state index in [1.807, 2.05) is 17.4 Å². The normalized spacial score (nSPS) is 18.2. The first-order valence-corrected chi connectivity index (χ1v) is 28.3. The van der Waals surface area contributed by atoms with Gasteiger partial charge < -0.3 is 14.3 Å². The molecule has 0 fully saturated rings. The van der Waals surface area contributed by atoms with Crippen LogP contribution in [-0.4, -0.2) is 16.1 Å². The number of para-hydroxylation sites is 2. The molecule has 5 nitrogen and oxygen atoms in total. The minimum Gasteiger partial charge on any atom is -0.454 e. The summed E-state index contributed by atoms with van der Waals surface area (Å²) in [5.74, 6) is 0.647. The number of anilines is 1. The zero-order valence-corrected chi connectivity index (χ0v) is 44.2. The molecule has 0 spiro atoms. The van der Waals surface area contributed by atoms with E-state index in [1.54, 1.807) is 11.3 Å². The number of hydrogen-bond acceptors (Lipinski definition) is 5. The number of nitrogens with zero attached hydrogens (tertiary/aromatic N) is 3. The predicted octanol–water partition coefficient (Wildman–Crippen LogP) is 19.4. The Balaban J connectivity index is 0.857. The Morgan fingerprint density at radius 2 is 1.19 bits per heavy atom. The topological polar surface area (TPSA) is 54.8 Å². The maximum Gasteiger partial charge on any atom is 0.160 e. The van der Waals surface area contributed by atoms with Crippen molar-refractivity contribution < 1.29 is 4.42 Å². The molecule has 7 heteroatoms. The molecule has 0 radical (unpaired) electrons. The number of aromatic nitrogens is 1. The average Bonchev–Trinajstić information content (AvgIpc) is 4.51. The number of benzene rings is 9. The van der Waals surface area contributed by atoms with E-state index in [0.29, 0.717) is 11.5 Å². The van der Waals surface area contributed by atoms with Crippen LogP contribution in [0.3, 0.4) is 0 Å². The molecule has 16 rings (SSSR count). The van der Waals surface area contributed by atoms with Crippen LogP contribution in [0.25, 0.3) is 84.8 Å². The lowest BCUT2D eigenvalue weighted by molar-refractivity contribution is 0.566. The number of nitrogens with one attached hydrogen (secondary N) is 1. The predicted molar refractivity (Wildman–Crippen MR) is 331 cm³/mol. The summed E-state index contributed by atoms with van der Waals surface area (Å²) in [7, 11) is 0. The van der Waals surface area contributed by atoms with E-state index in [1.165, 1.54) is 79.2 Å². The van der Waals surface area contributed by atoms with Crippen molar-refractivity contribution in [3.05, 3.63) is 281 Å². The zero-order valence-electron chi connectivity index (χ0n) is 42.5. The van der Waals surface area contributed by atoms with Gasteiger partial charge in [0.15, 0.2) is 11.4 Å². The SMILES string of the molecule is C=C(N=C(N=C(C)c1ccc2c(c1)sc1ccccc12)c1ccc2c(c1)sc1ccccc12)C1=CC(c2ccccc2)C(n2c3c(c4ccccc42)C2Nc4c(ccc5c4oc4ccccc45)C2C=C3)C(c2ccccc2)=C1. The molecule has 4 atom stereocenters. The molecule has 13 aromatic rings. The van der Waals surface area contributed by atoms with E-state index in [-0.39, 0.29) is 23.9 Å². The first-order chi connectivity index (χ1) is 38.5. The van der Waals surface area contributed by atoms with Gasteiger partial charge in [-0.3, -0.25) is 0 Å². The number of amidine groups is 1. The summed E-state index contributed by atoms with van der Waals surface area (Å²) in [6.07, 6.45) is 9.57. The largest absolute Gasteiger partial charge is 0.454 e. The molecule has 0 saturated carbocycles. The molecule has 4 unspecified atom stereocenters. The molecular weight excluding hydrogens is 989 g/mol. The number of allylic oxidation sites excluding steroid dienone is 3. The number of rotatable bonds is 7. The Kier molecular flexibility index (Phi) is 10.2. The smallest absolute Gasteiger partial charge is 0.160 e. The van der Waals surface area contributed by atoms with Crippen LogP contribution in [0.5, 0.6) is 0 Å². The molecule has 0 bridgehead atoms. The number of hydrogen-bond donors (Lipinski definition) is 1. The van der Waals surface area contributed by atoms with Gasteiger partial charge in [0.05, 0.1) is 23.5 Å². The molecule has 3 aliphatic rings. The van der Waals surface area contributed by atoms with E-state index in [9.17, 15) is 0 Å². The highest BCUT2D eigenvalue weighted by molar-refractivity contribution is 7.26. The quantitative estimate of drug-likeness (QED) is 0.128. The minimum absolute atomic E-state index is 0.00850. The van der Waals surface area contributed by atoms with Gasteiger partial charge in [-0.05, 0) is 88.9 Å². The molecule has 4 aromatic heterocycles. The average molecular weight is 1040 g/mol. The summed E-state index contributed by atoms with van der Waals surface area (Å²) in [5, 5.41) is 12.6. The van der Waals surface area contributed by atoms with Crippen molar-refractivity contribution in [2.45, 2.75) is 30.8 Å². The van der Waals surface area contributed by atoms with Gasteiger partial charge in [0.25, 0.3) is 0 Å². The molecule has 5 heterocycles. The molecule has 1 N–H and O–H groups in total. The van der Waals surface area contributed by atoms with Crippen LogP contribution in [0, 0.1) is 0 Å². The van der Waals surface area contributed by atoms with Crippen LogP contribution in [0.4, 0.5) is 5.69 Å². The fourth-order valence-electron chi connectivity index (χ4n) is 12.9. The van der Waals surface area contributed by atoms with Crippen LogP contribution in [-0.2, 0) is 0 Å². The van der Waals surface area contributed by atoms with E-state index in [0.717, 1.165) is 55.6 Å². The maximum absolute atomic E-state index is 6.64. The molecule has 0 saturated heterocycles. The summed E-state index contributed by atoms with van der Waals surface area (Å²) in [4.78, 5) is 11.0. The van der Waals surface area contributed by atoms with Crippen molar-refractivity contribution in [3.8, 4) is 0 Å². The third-order valence-corrected chi connectivity index (χ3v) is 18.8. The molecular formula is C71H48N4OS2. The lowest BCUT2D eigenvalue weighted by Crippen LogP contribution is -2.24. The Morgan fingerprint density at radius 3 is 1.95 bits per heavy atom. The van der Waals surface area contributed by atoms with Crippen LogP contribution in [0.2, 0.25) is 0 Å². The second-order valence-electron chi connectivity index (χ2n) is 20.9. The number of furan rings is 1. The molecule has 9 aromatic carbocycles. The van der Waals surface area contributed by atoms with Crippen molar-refractivity contribution in [1.82, 2.24) is 4.57 Å². The highest BCUT2D eigenvalue weighted by atomic mass is 32.1. The highest BCUT2D eigenvalue weighted by Crippen LogP contribution is 2.56. The van der Waals surface area contributed by atoms with E-state index < -0.39 is 0 Å². The number of thiophene rings is 2. The summed E-state index contributed by atoms with van der Waals surface area (Å²) < 4.78 is 14.3. The Labute approximate surface area is 458 Å². The second kappa shape index (κ2) is 17.7. The van der Waals surface area contributed by atoms with Gasteiger partial charge in [0.2, 0.25) is 0 Å². The standard InChI is InChI=1S/C71H48N4OS2/c1-41(45-29-31-51-49-22-11-15-27-62(49)77-64(51)39-45)72-71(46-30-32-52-50-23-12-16-28-63(50)78-65(52)40-46)73-42(2)47-37-57(43-17-5-3-6-18-43)69(58(38-47)44-19-7-4-8-20-44)75-59-25-13-9-24-56(59)66-60(75)36-35-53-54-33-34-55-48-21-10-14-26-61(48)76-70(55)68(54)74-67(53)66/h3-40,53,57,67,69,74H,2H2,1H3. The van der Waals surface area contributed by atoms with Gasteiger partial charge in [-0.2, -0.15) is 0 Å². The Bertz CT molecular complexity index is 4830. The van der Waals surface area contributed by atoms with Crippen molar-refractivity contribution in [1.29, 1.82) is 0 Å². The monoisotopic (exact) mass is 1040 g/mol. The van der Waals surface area contributed by atoms with E-state index in [2.05, 4.69) is 241 Å². The van der Waals surface area contributed by atoms with Crippen molar-refractivity contribution in [2.24, 2.45) is 9.98 Å². The minimum atomic E-state index is -0.144. The molecule has 370 valence electrons. The first-order valence-electron chi connectivity index (χ1n) is 26.7. The number of fused-ring (bicyclic) bond motifs is 17. The van der Waals surface area contributed by atoms with Crippen LogP contribution < -0.4 is 5.32 Å². The van der Waals surface area contributed by atoms with E-state index in [4.69, 9.17) is 21.0 Å². The van der Waals surface area contributed by atoms with Gasteiger partial charge in [0, 0.05) is 96.4 Å². The van der Waals surface area contributed by atoms with Gasteiger partial charge >= 0.3 is 0 Å². The van der Waals surface area contributed by atoms with Gasteiger partial charge in [-0.15, -0.1) is 22.7 Å². The van der Waals surface area contributed by atoms with Gasteiger partial charge in [-0.25, -0.2) is 9.98 Å². The molecule has 2 aliphatic carbocycles. The lowest BCUT2D eigenvalue weighted by atomic mass is 9.77. The third kappa shape index (κ3) is 7.05. The van der Waals surface area contributed by atoms with Crippen LogP contribution >= 0.6 is 22.7 Å². The van der Waals surface area contributed by atoms with Crippen LogP contribution in [0.1, 0.15) is 69.9 Å². The maximum atomic E-state index is 6.64. The molecule has 0 amide bonds. The van der Waals surface area contributed by atoms with Crippen molar-refractivity contribution >= 4 is 125 Å². The summed E-state index contributed by atoms with van der Waals surface area (Å²) in [5.41, 5.74) is 15.9. The molecule has 1 aliphatic heterocycles. The fourth-order valence-corrected chi connectivity index (χ4v) is 15.2. The van der Waals surface area contributed by atoms with Crippen LogP contribution in [0.15, 0.2) is 257 Å². The lowest BCUT2D eigenvalue weighted by Gasteiger charge is -2.36. The molecule has 78 heavy (non-hydrogen) atoms. The van der Waals surface area contributed by atoms with Gasteiger partial charge in [-0.1, -0.05) is 189 Å². The summed E-state index contributed by atoms with van der Waals surface area (Å²) in [6.45, 7) is 6.95. The fraction of sp³-hybridized carbons (Fsp3) is 0.0704. The Hall–Kier alpha value is -9.14. The summed E-state index contributed by atoms with van der Waals surface area (Å²) >= 11 is 3.63. The number of aliphatic imine (C=N–C) groups is 2. The summed E-state index contributed by atoms with van der Waals surface area (Å²) in [6, 6.07) is 74.4. The first kappa shape index (κ1) is 45.1. The van der Waals surface area contributed by atoms with Crippen molar-refractivity contribution in [3.63, 3.8) is 0 Å².